The Morgan fingerprint density at radius 2 is 2.00 bits per heavy atom. The lowest BCUT2D eigenvalue weighted by Gasteiger charge is -2.25. The van der Waals surface area contributed by atoms with Crippen molar-refractivity contribution in [3.05, 3.63) is 24.3 Å². The molecule has 1 heterocycles. The average molecular weight is 204 g/mol. The van der Waals surface area contributed by atoms with Crippen LogP contribution < -0.4 is 10.6 Å². The smallest absolute Gasteiger partial charge is 0.247 e. The van der Waals surface area contributed by atoms with Gasteiger partial charge in [-0.2, -0.15) is 0 Å². The zero-order valence-electron chi connectivity index (χ0n) is 8.41. The first-order chi connectivity index (χ1) is 7.16. The lowest BCUT2D eigenvalue weighted by atomic mass is 10.1. The van der Waals surface area contributed by atoms with Crippen LogP contribution in [0.4, 0.5) is 11.4 Å². The summed E-state index contributed by atoms with van der Waals surface area (Å²) < 4.78 is 0. The molecule has 0 saturated heterocycles. The van der Waals surface area contributed by atoms with Gasteiger partial charge in [0.15, 0.2) is 0 Å². The van der Waals surface area contributed by atoms with Gasteiger partial charge in [0.2, 0.25) is 5.91 Å². The molecule has 0 saturated carbocycles. The highest BCUT2D eigenvalue weighted by Crippen LogP contribution is 2.26. The van der Waals surface area contributed by atoms with E-state index in [1.54, 1.807) is 0 Å². The lowest BCUT2D eigenvalue weighted by molar-refractivity contribution is -0.122. The molecular formula is C11H12N2O2. The molecule has 15 heavy (non-hydrogen) atoms. The van der Waals surface area contributed by atoms with Crippen molar-refractivity contribution in [2.75, 3.05) is 10.6 Å². The molecule has 2 N–H and O–H groups in total. The van der Waals surface area contributed by atoms with Crippen LogP contribution in [0.5, 0.6) is 0 Å². The van der Waals surface area contributed by atoms with Gasteiger partial charge >= 0.3 is 0 Å². The van der Waals surface area contributed by atoms with E-state index in [2.05, 4.69) is 10.6 Å². The number of anilines is 2. The van der Waals surface area contributed by atoms with E-state index in [-0.39, 0.29) is 18.1 Å². The monoisotopic (exact) mass is 204 g/mol. The SMILES string of the molecule is CC(=O)CC1Nc2ccccc2NC1=O. The Labute approximate surface area is 87.7 Å². The number of amides is 1. The van der Waals surface area contributed by atoms with Crippen LogP contribution in [0.25, 0.3) is 0 Å². The summed E-state index contributed by atoms with van der Waals surface area (Å²) in [6.45, 7) is 1.48. The van der Waals surface area contributed by atoms with E-state index in [9.17, 15) is 9.59 Å². The molecule has 1 aromatic carbocycles. The maximum atomic E-state index is 11.6. The number of carbonyl (C=O) groups is 2. The van der Waals surface area contributed by atoms with E-state index in [1.165, 1.54) is 6.92 Å². The number of carbonyl (C=O) groups excluding carboxylic acids is 2. The van der Waals surface area contributed by atoms with Gasteiger partial charge in [-0.25, -0.2) is 0 Å². The van der Waals surface area contributed by atoms with Crippen molar-refractivity contribution in [3.63, 3.8) is 0 Å². The maximum Gasteiger partial charge on any atom is 0.247 e. The van der Waals surface area contributed by atoms with Crippen LogP contribution in [0.2, 0.25) is 0 Å². The minimum Gasteiger partial charge on any atom is -0.372 e. The first-order valence-electron chi connectivity index (χ1n) is 4.82. The second kappa shape index (κ2) is 3.73. The molecule has 1 aliphatic rings. The van der Waals surface area contributed by atoms with Gasteiger partial charge < -0.3 is 10.6 Å². The number of Topliss-reactive ketones (excluding diaryl/α,β-unsaturated/α-hetero) is 1. The summed E-state index contributed by atoms with van der Waals surface area (Å²) in [4.78, 5) is 22.5. The summed E-state index contributed by atoms with van der Waals surface area (Å²) in [6, 6.07) is 6.99. The van der Waals surface area contributed by atoms with Gasteiger partial charge in [-0.05, 0) is 19.1 Å². The van der Waals surface area contributed by atoms with Crippen molar-refractivity contribution in [1.82, 2.24) is 0 Å². The van der Waals surface area contributed by atoms with Crippen molar-refractivity contribution in [2.45, 2.75) is 19.4 Å². The summed E-state index contributed by atoms with van der Waals surface area (Å²) in [6.07, 6.45) is 0.222. The fraction of sp³-hybridized carbons (Fsp3) is 0.273. The fourth-order valence-electron chi connectivity index (χ4n) is 1.62. The molecule has 4 heteroatoms. The predicted molar refractivity (Wildman–Crippen MR) is 57.8 cm³/mol. The van der Waals surface area contributed by atoms with Crippen LogP contribution in [0, 0.1) is 0 Å². The number of para-hydroxylation sites is 2. The number of hydrogen-bond acceptors (Lipinski definition) is 3. The Bertz CT molecular complexity index is 415. The first-order valence-corrected chi connectivity index (χ1v) is 4.82. The Morgan fingerprint density at radius 1 is 1.33 bits per heavy atom. The summed E-state index contributed by atoms with van der Waals surface area (Å²) in [5.74, 6) is -0.147. The van der Waals surface area contributed by atoms with Crippen molar-refractivity contribution >= 4 is 23.1 Å². The standard InChI is InChI=1S/C11H12N2O2/c1-7(14)6-10-11(15)13-9-5-3-2-4-8(9)12-10/h2-5,10,12H,6H2,1H3,(H,13,15). The van der Waals surface area contributed by atoms with E-state index in [0.717, 1.165) is 11.4 Å². The molecule has 1 aliphatic heterocycles. The van der Waals surface area contributed by atoms with Crippen LogP contribution >= 0.6 is 0 Å². The molecule has 1 unspecified atom stereocenters. The van der Waals surface area contributed by atoms with Gasteiger partial charge in [0.05, 0.1) is 11.4 Å². The quantitative estimate of drug-likeness (QED) is 0.765. The Kier molecular flexibility index (Phi) is 2.41. The molecular weight excluding hydrogens is 192 g/mol. The molecule has 4 nitrogen and oxygen atoms in total. The van der Waals surface area contributed by atoms with E-state index < -0.39 is 6.04 Å². The highest BCUT2D eigenvalue weighted by atomic mass is 16.2. The minimum absolute atomic E-state index is 0.00188. The molecule has 0 radical (unpaired) electrons. The van der Waals surface area contributed by atoms with Gasteiger partial charge in [0.25, 0.3) is 0 Å². The summed E-state index contributed by atoms with van der Waals surface area (Å²) in [5.41, 5.74) is 1.63. The second-order valence-electron chi connectivity index (χ2n) is 3.64. The number of ketones is 1. The summed E-state index contributed by atoms with van der Waals surface area (Å²) in [5, 5.41) is 5.81. The molecule has 1 atom stereocenters. The molecule has 0 spiro atoms. The highest BCUT2D eigenvalue weighted by molar-refractivity contribution is 6.04. The normalized spacial score (nSPS) is 18.7. The van der Waals surface area contributed by atoms with E-state index in [1.807, 2.05) is 24.3 Å². The molecule has 1 aromatic rings. The van der Waals surface area contributed by atoms with Crippen molar-refractivity contribution in [1.29, 1.82) is 0 Å². The summed E-state index contributed by atoms with van der Waals surface area (Å²) >= 11 is 0. The third kappa shape index (κ3) is 1.98. The molecule has 0 bridgehead atoms. The number of benzene rings is 1. The third-order valence-corrected chi connectivity index (χ3v) is 2.32. The zero-order chi connectivity index (χ0) is 10.8. The van der Waals surface area contributed by atoms with E-state index in [4.69, 9.17) is 0 Å². The van der Waals surface area contributed by atoms with Gasteiger partial charge in [0.1, 0.15) is 11.8 Å². The lowest BCUT2D eigenvalue weighted by Crippen LogP contribution is -2.39. The van der Waals surface area contributed by atoms with Gasteiger partial charge in [-0.1, -0.05) is 12.1 Å². The molecule has 0 aliphatic carbocycles. The highest BCUT2D eigenvalue weighted by Gasteiger charge is 2.25. The van der Waals surface area contributed by atoms with Crippen LogP contribution in [-0.4, -0.2) is 17.7 Å². The Hall–Kier alpha value is -1.84. The maximum absolute atomic E-state index is 11.6. The fourth-order valence-corrected chi connectivity index (χ4v) is 1.62. The number of rotatable bonds is 2. The van der Waals surface area contributed by atoms with Gasteiger partial charge in [0, 0.05) is 6.42 Å². The molecule has 2 rings (SSSR count). The van der Waals surface area contributed by atoms with E-state index in [0.29, 0.717) is 0 Å². The van der Waals surface area contributed by atoms with Gasteiger partial charge in [-0.15, -0.1) is 0 Å². The van der Waals surface area contributed by atoms with Crippen LogP contribution in [0.15, 0.2) is 24.3 Å². The topological polar surface area (TPSA) is 58.2 Å². The van der Waals surface area contributed by atoms with Crippen LogP contribution in [-0.2, 0) is 9.59 Å². The molecule has 0 fully saturated rings. The Morgan fingerprint density at radius 3 is 2.67 bits per heavy atom. The van der Waals surface area contributed by atoms with E-state index >= 15 is 0 Å². The van der Waals surface area contributed by atoms with Crippen molar-refractivity contribution < 1.29 is 9.59 Å². The average Bonchev–Trinajstić information content (AvgIpc) is 2.18. The number of nitrogens with one attached hydrogen (secondary N) is 2. The largest absolute Gasteiger partial charge is 0.372 e. The van der Waals surface area contributed by atoms with Gasteiger partial charge in [-0.3, -0.25) is 9.59 Å². The Balaban J connectivity index is 2.22. The number of fused-ring (bicyclic) bond motifs is 1. The summed E-state index contributed by atoms with van der Waals surface area (Å²) in [7, 11) is 0. The number of hydrogen-bond donors (Lipinski definition) is 2. The van der Waals surface area contributed by atoms with Crippen LogP contribution in [0.3, 0.4) is 0 Å². The molecule has 0 aromatic heterocycles. The third-order valence-electron chi connectivity index (χ3n) is 2.32. The predicted octanol–water partition coefficient (Wildman–Crippen LogP) is 1.40. The minimum atomic E-state index is -0.447. The first kappa shape index (κ1) is 9.71. The van der Waals surface area contributed by atoms with Crippen molar-refractivity contribution in [3.8, 4) is 0 Å². The zero-order valence-corrected chi connectivity index (χ0v) is 8.41. The van der Waals surface area contributed by atoms with Crippen molar-refractivity contribution in [2.24, 2.45) is 0 Å². The molecule has 78 valence electrons. The second-order valence-corrected chi connectivity index (χ2v) is 3.64. The van der Waals surface area contributed by atoms with Crippen LogP contribution in [0.1, 0.15) is 13.3 Å². The molecule has 1 amide bonds.